The molecule has 0 bridgehead atoms. The molecule has 0 aliphatic carbocycles. The summed E-state index contributed by atoms with van der Waals surface area (Å²) in [7, 11) is 0. The van der Waals surface area contributed by atoms with Crippen molar-refractivity contribution in [3.05, 3.63) is 30.1 Å². The summed E-state index contributed by atoms with van der Waals surface area (Å²) in [6.45, 7) is 7.57. The molecule has 5 heteroatoms. The second kappa shape index (κ2) is 4.42. The fourth-order valence-electron chi connectivity index (χ4n) is 1.53. The monoisotopic (exact) mass is 247 g/mol. The quantitative estimate of drug-likeness (QED) is 0.788. The lowest BCUT2D eigenvalue weighted by Gasteiger charge is -2.19. The number of amides is 1. The summed E-state index contributed by atoms with van der Waals surface area (Å²) < 4.78 is 1.44. The van der Waals surface area contributed by atoms with Gasteiger partial charge in [-0.05, 0) is 45.4 Å². The third kappa shape index (κ3) is 2.68. The van der Waals surface area contributed by atoms with Gasteiger partial charge in [-0.15, -0.1) is 0 Å². The van der Waals surface area contributed by atoms with E-state index in [-0.39, 0.29) is 6.03 Å². The fraction of sp³-hybridized carbons (Fsp3) is 0.385. The summed E-state index contributed by atoms with van der Waals surface area (Å²) in [6.07, 6.45) is 1.49. The molecule has 0 unspecified atom stereocenters. The predicted octanol–water partition coefficient (Wildman–Crippen LogP) is 2.63. The zero-order chi connectivity index (χ0) is 13.3. The molecule has 0 aliphatic heterocycles. The Bertz CT molecular complexity index is 581. The van der Waals surface area contributed by atoms with Gasteiger partial charge in [0.25, 0.3) is 0 Å². The number of benzene rings is 1. The second-order valence-corrected chi connectivity index (χ2v) is 5.23. The van der Waals surface area contributed by atoms with Crippen molar-refractivity contribution in [2.75, 3.05) is 0 Å². The number of aryl methyl sites for hydroxylation is 1. The lowest BCUT2D eigenvalue weighted by Crippen LogP contribution is -2.35. The maximum Gasteiger partial charge on any atom is 0.351 e. The van der Waals surface area contributed by atoms with E-state index in [2.05, 4.69) is 10.5 Å². The molecule has 0 spiro atoms. The molecule has 0 aliphatic rings. The van der Waals surface area contributed by atoms with Crippen LogP contribution >= 0.6 is 0 Å². The third-order valence-corrected chi connectivity index (χ3v) is 2.37. The molecule has 0 atom stereocenters. The first-order valence-electron chi connectivity index (χ1n) is 5.79. The highest BCUT2D eigenvalue weighted by Crippen LogP contribution is 2.14. The SMILES string of the molecule is Cc1ccc2ncn(C(=O)NOC(C)(C)C)c2c1. The largest absolute Gasteiger partial charge is 0.351 e. The van der Waals surface area contributed by atoms with Gasteiger partial charge in [-0.1, -0.05) is 6.07 Å². The van der Waals surface area contributed by atoms with Gasteiger partial charge in [0, 0.05) is 0 Å². The maximum absolute atomic E-state index is 12.0. The van der Waals surface area contributed by atoms with Crippen LogP contribution in [0.1, 0.15) is 26.3 Å². The summed E-state index contributed by atoms with van der Waals surface area (Å²) >= 11 is 0. The minimum Gasteiger partial charge on any atom is -0.266 e. The number of hydrogen-bond acceptors (Lipinski definition) is 3. The zero-order valence-electron chi connectivity index (χ0n) is 11.0. The van der Waals surface area contributed by atoms with Gasteiger partial charge >= 0.3 is 6.03 Å². The van der Waals surface area contributed by atoms with Gasteiger partial charge in [-0.3, -0.25) is 4.84 Å². The van der Waals surface area contributed by atoms with Crippen LogP contribution in [-0.4, -0.2) is 21.2 Å². The van der Waals surface area contributed by atoms with Gasteiger partial charge in [-0.25, -0.2) is 19.8 Å². The van der Waals surface area contributed by atoms with Crippen molar-refractivity contribution in [2.45, 2.75) is 33.3 Å². The van der Waals surface area contributed by atoms with Crippen molar-refractivity contribution >= 4 is 17.1 Å². The Morgan fingerprint density at radius 3 is 2.78 bits per heavy atom. The first kappa shape index (κ1) is 12.6. The van der Waals surface area contributed by atoms with Gasteiger partial charge in [0.05, 0.1) is 16.6 Å². The van der Waals surface area contributed by atoms with Crippen molar-refractivity contribution in [1.82, 2.24) is 15.0 Å². The van der Waals surface area contributed by atoms with Crippen LogP contribution in [0.25, 0.3) is 11.0 Å². The van der Waals surface area contributed by atoms with Crippen LogP contribution in [0, 0.1) is 6.92 Å². The Balaban J connectivity index is 2.25. The van der Waals surface area contributed by atoms with Crippen molar-refractivity contribution in [3.8, 4) is 0 Å². The first-order valence-corrected chi connectivity index (χ1v) is 5.79. The van der Waals surface area contributed by atoms with Gasteiger partial charge in [0.15, 0.2) is 0 Å². The molecule has 1 heterocycles. The topological polar surface area (TPSA) is 56.2 Å². The van der Waals surface area contributed by atoms with E-state index in [0.717, 1.165) is 16.6 Å². The first-order chi connectivity index (χ1) is 8.37. The van der Waals surface area contributed by atoms with Crippen LogP contribution in [0.5, 0.6) is 0 Å². The van der Waals surface area contributed by atoms with Crippen LogP contribution in [0.2, 0.25) is 0 Å². The Kier molecular flexibility index (Phi) is 3.09. The molecule has 2 aromatic rings. The number of imidazole rings is 1. The second-order valence-electron chi connectivity index (χ2n) is 5.23. The lowest BCUT2D eigenvalue weighted by molar-refractivity contribution is -0.0525. The molecule has 2 rings (SSSR count). The fourth-order valence-corrected chi connectivity index (χ4v) is 1.53. The number of rotatable bonds is 1. The molecule has 5 nitrogen and oxygen atoms in total. The Hall–Kier alpha value is -1.88. The average molecular weight is 247 g/mol. The van der Waals surface area contributed by atoms with Crippen LogP contribution < -0.4 is 5.48 Å². The van der Waals surface area contributed by atoms with Crippen molar-refractivity contribution in [1.29, 1.82) is 0 Å². The number of fused-ring (bicyclic) bond motifs is 1. The predicted molar refractivity (Wildman–Crippen MR) is 69.2 cm³/mol. The van der Waals surface area contributed by atoms with Crippen LogP contribution in [0.3, 0.4) is 0 Å². The van der Waals surface area contributed by atoms with E-state index in [1.54, 1.807) is 0 Å². The summed E-state index contributed by atoms with van der Waals surface area (Å²) in [6, 6.07) is 5.42. The van der Waals surface area contributed by atoms with E-state index in [9.17, 15) is 4.79 Å². The van der Waals surface area contributed by atoms with E-state index in [1.807, 2.05) is 45.9 Å². The third-order valence-electron chi connectivity index (χ3n) is 2.37. The summed E-state index contributed by atoms with van der Waals surface area (Å²) in [4.78, 5) is 21.4. The summed E-state index contributed by atoms with van der Waals surface area (Å²) in [5, 5.41) is 0. The highest BCUT2D eigenvalue weighted by molar-refractivity contribution is 5.88. The maximum atomic E-state index is 12.0. The number of nitrogens with one attached hydrogen (secondary N) is 1. The number of carbonyl (C=O) groups excluding carboxylic acids is 1. The van der Waals surface area contributed by atoms with Crippen molar-refractivity contribution in [2.24, 2.45) is 0 Å². The molecule has 1 N–H and O–H groups in total. The number of carbonyl (C=O) groups is 1. The molecule has 0 radical (unpaired) electrons. The number of aromatic nitrogens is 2. The molecular weight excluding hydrogens is 230 g/mol. The van der Waals surface area contributed by atoms with Gasteiger partial charge in [0.1, 0.15) is 6.33 Å². The van der Waals surface area contributed by atoms with Crippen molar-refractivity contribution < 1.29 is 9.63 Å². The van der Waals surface area contributed by atoms with E-state index < -0.39 is 5.60 Å². The number of hydroxylamine groups is 1. The van der Waals surface area contributed by atoms with Crippen LogP contribution in [-0.2, 0) is 4.84 Å². The number of hydrogen-bond donors (Lipinski definition) is 1. The van der Waals surface area contributed by atoms with E-state index in [0.29, 0.717) is 0 Å². The normalized spacial score (nSPS) is 11.8. The highest BCUT2D eigenvalue weighted by atomic mass is 16.7. The molecule has 1 aromatic carbocycles. The summed E-state index contributed by atoms with van der Waals surface area (Å²) in [5.74, 6) is 0. The summed E-state index contributed by atoms with van der Waals surface area (Å²) in [5.41, 5.74) is 4.62. The Morgan fingerprint density at radius 2 is 2.11 bits per heavy atom. The molecule has 96 valence electrons. The lowest BCUT2D eigenvalue weighted by atomic mass is 10.2. The number of nitrogens with zero attached hydrogens (tertiary/aromatic N) is 2. The molecule has 1 aromatic heterocycles. The molecule has 18 heavy (non-hydrogen) atoms. The molecule has 0 fully saturated rings. The standard InChI is InChI=1S/C13H17N3O2/c1-9-5-6-10-11(7-9)16(8-14-10)12(17)15-18-13(2,3)4/h5-8H,1-4H3,(H,15,17). The smallest absolute Gasteiger partial charge is 0.266 e. The van der Waals surface area contributed by atoms with E-state index >= 15 is 0 Å². The van der Waals surface area contributed by atoms with E-state index in [4.69, 9.17) is 4.84 Å². The van der Waals surface area contributed by atoms with E-state index in [1.165, 1.54) is 10.9 Å². The Labute approximate surface area is 106 Å². The van der Waals surface area contributed by atoms with Gasteiger partial charge in [-0.2, -0.15) is 0 Å². The molecule has 0 saturated heterocycles. The Morgan fingerprint density at radius 1 is 1.39 bits per heavy atom. The van der Waals surface area contributed by atoms with Crippen molar-refractivity contribution in [3.63, 3.8) is 0 Å². The van der Waals surface area contributed by atoms with Crippen LogP contribution in [0.4, 0.5) is 4.79 Å². The highest BCUT2D eigenvalue weighted by Gasteiger charge is 2.15. The van der Waals surface area contributed by atoms with Gasteiger partial charge < -0.3 is 0 Å². The molecular formula is C13H17N3O2. The zero-order valence-corrected chi connectivity index (χ0v) is 11.0. The van der Waals surface area contributed by atoms with Gasteiger partial charge in [0.2, 0.25) is 0 Å². The molecule has 1 amide bonds. The minimum absolute atomic E-state index is 0.349. The molecule has 0 saturated carbocycles. The average Bonchev–Trinajstić information content (AvgIpc) is 2.67. The van der Waals surface area contributed by atoms with Crippen LogP contribution in [0.15, 0.2) is 24.5 Å². The minimum atomic E-state index is -0.429.